The molecule has 1 aromatic heterocycles. The number of benzene rings is 2. The van der Waals surface area contributed by atoms with Crippen LogP contribution < -0.4 is 4.74 Å². The number of rotatable bonds is 4. The van der Waals surface area contributed by atoms with Gasteiger partial charge in [0.15, 0.2) is 0 Å². The maximum absolute atomic E-state index is 11.5. The number of aromatic carboxylic acids is 1. The molecule has 0 aliphatic heterocycles. The van der Waals surface area contributed by atoms with Gasteiger partial charge >= 0.3 is 5.97 Å². The van der Waals surface area contributed by atoms with Crippen LogP contribution in [0.1, 0.15) is 10.4 Å². The fraction of sp³-hybridized carbons (Fsp3) is 0.0526. The Hall–Kier alpha value is -2.66. The maximum atomic E-state index is 11.5. The van der Waals surface area contributed by atoms with Gasteiger partial charge in [0.1, 0.15) is 5.75 Å². The normalized spacial score (nSPS) is 10.4. The summed E-state index contributed by atoms with van der Waals surface area (Å²) in [5.41, 5.74) is 3.12. The molecule has 0 aliphatic rings. The van der Waals surface area contributed by atoms with Crippen LogP contribution in [0.3, 0.4) is 0 Å². The monoisotopic (exact) mass is 383 g/mol. The fourth-order valence-corrected chi connectivity index (χ4v) is 2.60. The lowest BCUT2D eigenvalue weighted by atomic mass is 10.0. The molecule has 3 rings (SSSR count). The number of aromatic nitrogens is 1. The van der Waals surface area contributed by atoms with Crippen LogP contribution in [0.15, 0.2) is 65.1 Å². The van der Waals surface area contributed by atoms with Crippen LogP contribution in [-0.4, -0.2) is 23.2 Å². The molecule has 0 saturated heterocycles. The van der Waals surface area contributed by atoms with Gasteiger partial charge < -0.3 is 9.84 Å². The van der Waals surface area contributed by atoms with Gasteiger partial charge in [0.05, 0.1) is 24.1 Å². The molecule has 24 heavy (non-hydrogen) atoms. The van der Waals surface area contributed by atoms with Gasteiger partial charge in [0.2, 0.25) is 0 Å². The molecule has 120 valence electrons. The van der Waals surface area contributed by atoms with Gasteiger partial charge in [-0.25, -0.2) is 9.78 Å². The largest absolute Gasteiger partial charge is 0.497 e. The van der Waals surface area contributed by atoms with Gasteiger partial charge in [0, 0.05) is 15.6 Å². The van der Waals surface area contributed by atoms with E-state index in [-0.39, 0.29) is 5.56 Å². The van der Waals surface area contributed by atoms with Crippen LogP contribution in [0.2, 0.25) is 0 Å². The van der Waals surface area contributed by atoms with E-state index in [1.807, 2.05) is 48.5 Å². The van der Waals surface area contributed by atoms with Crippen molar-refractivity contribution in [3.05, 3.63) is 70.7 Å². The summed E-state index contributed by atoms with van der Waals surface area (Å²) < 4.78 is 6.11. The van der Waals surface area contributed by atoms with Crippen molar-refractivity contribution in [1.82, 2.24) is 4.98 Å². The van der Waals surface area contributed by atoms with Crippen molar-refractivity contribution in [2.45, 2.75) is 0 Å². The zero-order chi connectivity index (χ0) is 17.1. The second kappa shape index (κ2) is 6.84. The van der Waals surface area contributed by atoms with Crippen LogP contribution in [0.4, 0.5) is 0 Å². The number of ether oxygens (including phenoxy) is 1. The average Bonchev–Trinajstić information content (AvgIpc) is 2.62. The van der Waals surface area contributed by atoms with E-state index < -0.39 is 5.97 Å². The van der Waals surface area contributed by atoms with Crippen LogP contribution >= 0.6 is 15.9 Å². The third-order valence-electron chi connectivity index (χ3n) is 3.60. The molecule has 0 fully saturated rings. The lowest BCUT2D eigenvalue weighted by Gasteiger charge is -2.08. The average molecular weight is 384 g/mol. The number of carboxylic acid groups (broad SMARTS) is 1. The summed E-state index contributed by atoms with van der Waals surface area (Å²) in [7, 11) is 1.60. The summed E-state index contributed by atoms with van der Waals surface area (Å²) in [6.45, 7) is 0. The highest BCUT2D eigenvalue weighted by molar-refractivity contribution is 9.10. The van der Waals surface area contributed by atoms with Crippen molar-refractivity contribution in [2.24, 2.45) is 0 Å². The second-order valence-electron chi connectivity index (χ2n) is 5.17. The molecule has 0 bridgehead atoms. The molecule has 0 spiro atoms. The van der Waals surface area contributed by atoms with Gasteiger partial charge in [-0.15, -0.1) is 0 Å². The summed E-state index contributed by atoms with van der Waals surface area (Å²) in [6.07, 6.45) is 0. The molecule has 0 saturated carbocycles. The zero-order valence-electron chi connectivity index (χ0n) is 12.9. The minimum Gasteiger partial charge on any atom is -0.497 e. The predicted molar refractivity (Wildman–Crippen MR) is 96.3 cm³/mol. The Morgan fingerprint density at radius 1 is 0.958 bits per heavy atom. The first-order valence-electron chi connectivity index (χ1n) is 7.22. The van der Waals surface area contributed by atoms with Crippen LogP contribution in [0.5, 0.6) is 5.75 Å². The summed E-state index contributed by atoms with van der Waals surface area (Å²) in [5.74, 6) is -0.244. The van der Waals surface area contributed by atoms with Crippen molar-refractivity contribution in [1.29, 1.82) is 0 Å². The molecular formula is C19H14BrNO3. The molecule has 0 unspecified atom stereocenters. The first-order valence-corrected chi connectivity index (χ1v) is 8.02. The standard InChI is InChI=1S/C19H14BrNO3/c1-24-16-8-4-13(5-9-16)18-11-14(19(22)23)10-17(21-18)12-2-6-15(20)7-3-12/h2-11H,1H3,(H,22,23). The van der Waals surface area contributed by atoms with Crippen molar-refractivity contribution in [3.8, 4) is 28.3 Å². The molecule has 4 nitrogen and oxygen atoms in total. The lowest BCUT2D eigenvalue weighted by molar-refractivity contribution is 0.0697. The molecule has 0 aliphatic carbocycles. The van der Waals surface area contributed by atoms with Crippen molar-refractivity contribution in [2.75, 3.05) is 7.11 Å². The minimum absolute atomic E-state index is 0.203. The Morgan fingerprint density at radius 3 is 1.92 bits per heavy atom. The smallest absolute Gasteiger partial charge is 0.335 e. The Kier molecular flexibility index (Phi) is 4.62. The Morgan fingerprint density at radius 2 is 1.46 bits per heavy atom. The highest BCUT2D eigenvalue weighted by atomic mass is 79.9. The molecule has 0 radical (unpaired) electrons. The third kappa shape index (κ3) is 3.46. The molecule has 0 atom stereocenters. The Labute approximate surface area is 147 Å². The topological polar surface area (TPSA) is 59.4 Å². The molecular weight excluding hydrogens is 370 g/mol. The molecule has 5 heteroatoms. The second-order valence-corrected chi connectivity index (χ2v) is 6.08. The summed E-state index contributed by atoms with van der Waals surface area (Å²) >= 11 is 3.39. The van der Waals surface area contributed by atoms with Crippen LogP contribution in [0.25, 0.3) is 22.5 Å². The number of hydrogen-bond donors (Lipinski definition) is 1. The number of halogens is 1. The van der Waals surface area contributed by atoms with E-state index in [0.717, 1.165) is 21.3 Å². The van der Waals surface area contributed by atoms with E-state index in [0.29, 0.717) is 11.4 Å². The Balaban J connectivity index is 2.11. The summed E-state index contributed by atoms with van der Waals surface area (Å²) in [6, 6.07) is 18.1. The van der Waals surface area contributed by atoms with E-state index in [9.17, 15) is 9.90 Å². The van der Waals surface area contributed by atoms with E-state index in [2.05, 4.69) is 20.9 Å². The first kappa shape index (κ1) is 16.2. The lowest BCUT2D eigenvalue weighted by Crippen LogP contribution is -2.00. The number of pyridine rings is 1. The number of carbonyl (C=O) groups is 1. The third-order valence-corrected chi connectivity index (χ3v) is 4.13. The van der Waals surface area contributed by atoms with Crippen molar-refractivity contribution in [3.63, 3.8) is 0 Å². The molecule has 2 aromatic carbocycles. The van der Waals surface area contributed by atoms with Gasteiger partial charge in [0.25, 0.3) is 0 Å². The fourth-order valence-electron chi connectivity index (χ4n) is 2.33. The minimum atomic E-state index is -0.981. The van der Waals surface area contributed by atoms with Gasteiger partial charge in [-0.2, -0.15) is 0 Å². The van der Waals surface area contributed by atoms with Gasteiger partial charge in [-0.3, -0.25) is 0 Å². The highest BCUT2D eigenvalue weighted by Gasteiger charge is 2.11. The predicted octanol–water partition coefficient (Wildman–Crippen LogP) is 4.88. The van der Waals surface area contributed by atoms with Gasteiger partial charge in [-0.1, -0.05) is 28.1 Å². The molecule has 1 heterocycles. The Bertz CT molecular complexity index is 874. The summed E-state index contributed by atoms with van der Waals surface area (Å²) in [5, 5.41) is 9.40. The molecule has 1 N–H and O–H groups in total. The van der Waals surface area contributed by atoms with E-state index in [1.54, 1.807) is 19.2 Å². The quantitative estimate of drug-likeness (QED) is 0.696. The van der Waals surface area contributed by atoms with Gasteiger partial charge in [-0.05, 0) is 48.5 Å². The highest BCUT2D eigenvalue weighted by Crippen LogP contribution is 2.27. The van der Waals surface area contributed by atoms with Crippen LogP contribution in [-0.2, 0) is 0 Å². The molecule has 3 aromatic rings. The number of methoxy groups -OCH3 is 1. The van der Waals surface area contributed by atoms with E-state index in [4.69, 9.17) is 4.74 Å². The zero-order valence-corrected chi connectivity index (χ0v) is 14.4. The molecule has 0 amide bonds. The number of hydrogen-bond acceptors (Lipinski definition) is 3. The van der Waals surface area contributed by atoms with Crippen molar-refractivity contribution < 1.29 is 14.6 Å². The summed E-state index contributed by atoms with van der Waals surface area (Å²) in [4.78, 5) is 16.1. The number of nitrogens with zero attached hydrogens (tertiary/aromatic N) is 1. The van der Waals surface area contributed by atoms with E-state index in [1.165, 1.54) is 0 Å². The maximum Gasteiger partial charge on any atom is 0.335 e. The van der Waals surface area contributed by atoms with E-state index >= 15 is 0 Å². The van der Waals surface area contributed by atoms with Crippen molar-refractivity contribution >= 4 is 21.9 Å². The SMILES string of the molecule is COc1ccc(-c2cc(C(=O)O)cc(-c3ccc(Br)cc3)n2)cc1. The number of carboxylic acids is 1. The first-order chi connectivity index (χ1) is 11.6. The van der Waals surface area contributed by atoms with Crippen LogP contribution in [0, 0.1) is 0 Å².